The Morgan fingerprint density at radius 1 is 1.38 bits per heavy atom. The normalized spacial score (nSPS) is 8.75. The monoisotopic (exact) mass is 196 g/mol. The molecule has 0 bridgehead atoms. The summed E-state index contributed by atoms with van der Waals surface area (Å²) < 4.78 is 28.0. The Morgan fingerprint density at radius 2 is 1.50 bits per heavy atom. The molecular weight excluding hydrogens is 193 g/mol. The topological polar surface area (TPSA) is 115 Å². The van der Waals surface area contributed by atoms with Gasteiger partial charge in [0.15, 0.2) is 0 Å². The van der Waals surface area contributed by atoms with E-state index in [0.717, 1.165) is 0 Å². The van der Waals surface area contributed by atoms with Crippen LogP contribution >= 0.6 is 0 Å². The van der Waals surface area contributed by atoms with Crippen LogP contribution in [0.1, 0.15) is 0 Å². The molecule has 0 spiro atoms. The van der Waals surface area contributed by atoms with Crippen LogP contribution in [0, 0.1) is 0 Å². The second kappa shape index (κ2) is 5.55. The van der Waals surface area contributed by atoms with E-state index in [2.05, 4.69) is 4.33 Å². The summed E-state index contributed by atoms with van der Waals surface area (Å²) in [6.07, 6.45) is 0. The maximum absolute atomic E-state index is 9.08. The van der Waals surface area contributed by atoms with Crippen molar-refractivity contribution < 1.29 is 47.5 Å². The maximum Gasteiger partial charge on any atom is 0.423 e. The van der Waals surface area contributed by atoms with Crippen molar-refractivity contribution in [3.8, 4) is 0 Å². The zero-order valence-corrected chi connectivity index (χ0v) is 7.52. The average molecular weight is 197 g/mol. The van der Waals surface area contributed by atoms with Gasteiger partial charge in [0.05, 0.1) is 0 Å². The summed E-state index contributed by atoms with van der Waals surface area (Å²) in [6, 6.07) is 0. The van der Waals surface area contributed by atoms with E-state index in [4.69, 9.17) is 18.2 Å². The standard InChI is InChI=1S/H2O5S.H2O.Zn/c1-5-6(2,3)4;;/h1H,(H,2,3,4);1H2;. The second-order valence-electron chi connectivity index (χ2n) is 0.502. The van der Waals surface area contributed by atoms with Crippen molar-refractivity contribution in [2.45, 2.75) is 0 Å². The summed E-state index contributed by atoms with van der Waals surface area (Å²) >= 11 is 0. The molecule has 0 aliphatic heterocycles. The first-order valence-corrected chi connectivity index (χ1v) is 2.23. The third-order valence-electron chi connectivity index (χ3n) is 0.0942. The smallest absolute Gasteiger partial charge is 0.412 e. The molecule has 0 rings (SSSR count). The van der Waals surface area contributed by atoms with Gasteiger partial charge in [0.25, 0.3) is 0 Å². The molecular formula is H4O6SZn. The van der Waals surface area contributed by atoms with Crippen LogP contribution in [-0.2, 0) is 34.2 Å². The summed E-state index contributed by atoms with van der Waals surface area (Å²) in [4.78, 5) is 0. The molecule has 48 valence electrons. The maximum atomic E-state index is 9.08. The minimum Gasteiger partial charge on any atom is -0.412 e. The van der Waals surface area contributed by atoms with Crippen molar-refractivity contribution in [2.24, 2.45) is 0 Å². The van der Waals surface area contributed by atoms with Crippen LogP contribution in [0.3, 0.4) is 0 Å². The fraction of sp³-hybridized carbons (Fsp3) is 0. The Bertz CT molecular complexity index is 110. The molecule has 0 fully saturated rings. The molecule has 0 heterocycles. The van der Waals surface area contributed by atoms with Crippen LogP contribution in [0.25, 0.3) is 0 Å². The Kier molecular flexibility index (Phi) is 10.9. The Hall–Kier alpha value is 0.413. The predicted molar refractivity (Wildman–Crippen MR) is 18.9 cm³/mol. The molecule has 0 aliphatic carbocycles. The fourth-order valence-corrected chi connectivity index (χ4v) is 0. The summed E-state index contributed by atoms with van der Waals surface area (Å²) in [6.45, 7) is 0. The van der Waals surface area contributed by atoms with E-state index in [-0.39, 0.29) is 25.0 Å². The zero-order chi connectivity index (χ0) is 5.21. The van der Waals surface area contributed by atoms with Gasteiger partial charge in [0.2, 0.25) is 0 Å². The molecule has 8 heavy (non-hydrogen) atoms. The summed E-state index contributed by atoms with van der Waals surface area (Å²) in [5.74, 6) is 0. The molecule has 0 radical (unpaired) electrons. The van der Waals surface area contributed by atoms with Crippen LogP contribution in [0.5, 0.6) is 0 Å². The van der Waals surface area contributed by atoms with Crippen molar-refractivity contribution in [2.75, 3.05) is 0 Å². The van der Waals surface area contributed by atoms with Crippen molar-refractivity contribution in [1.29, 1.82) is 0 Å². The molecule has 0 saturated heterocycles. The van der Waals surface area contributed by atoms with E-state index in [0.29, 0.717) is 0 Å². The molecule has 8 heteroatoms. The third-order valence-corrected chi connectivity index (χ3v) is 0.283. The minimum atomic E-state index is -4.61. The van der Waals surface area contributed by atoms with Crippen LogP contribution in [0.4, 0.5) is 0 Å². The second-order valence-corrected chi connectivity index (χ2v) is 1.51. The number of hydrogen-bond donors (Lipinski definition) is 2. The van der Waals surface area contributed by atoms with E-state index in [1.165, 1.54) is 0 Å². The van der Waals surface area contributed by atoms with Gasteiger partial charge in [-0.05, 0) is 0 Å². The fourth-order valence-electron chi connectivity index (χ4n) is 0. The quantitative estimate of drug-likeness (QED) is 0.229. The van der Waals surface area contributed by atoms with Crippen LogP contribution in [0.2, 0.25) is 0 Å². The van der Waals surface area contributed by atoms with Gasteiger partial charge in [-0.15, -0.1) is 0 Å². The summed E-state index contributed by atoms with van der Waals surface area (Å²) in [5, 5.41) is 7.06. The van der Waals surface area contributed by atoms with Gasteiger partial charge < -0.3 is 5.48 Å². The van der Waals surface area contributed by atoms with E-state index >= 15 is 0 Å². The Labute approximate surface area is 58.4 Å². The Balaban J connectivity index is -0.000000125. The molecule has 4 N–H and O–H groups in total. The number of rotatable bonds is 1. The van der Waals surface area contributed by atoms with Crippen LogP contribution in [-0.4, -0.2) is 23.7 Å². The molecule has 0 saturated carbocycles. The van der Waals surface area contributed by atoms with E-state index in [1.54, 1.807) is 0 Å². The third kappa shape index (κ3) is 16.1. The summed E-state index contributed by atoms with van der Waals surface area (Å²) in [7, 11) is -4.61. The molecule has 0 aromatic carbocycles. The summed E-state index contributed by atoms with van der Waals surface area (Å²) in [5.41, 5.74) is 0. The Morgan fingerprint density at radius 3 is 1.50 bits per heavy atom. The van der Waals surface area contributed by atoms with Gasteiger partial charge in [0, 0.05) is 19.5 Å². The zero-order valence-electron chi connectivity index (χ0n) is 3.73. The van der Waals surface area contributed by atoms with Gasteiger partial charge in [-0.25, -0.2) is 5.26 Å². The molecule has 0 amide bonds. The first-order valence-electron chi connectivity index (χ1n) is 0.865. The van der Waals surface area contributed by atoms with Gasteiger partial charge in [-0.1, -0.05) is 4.33 Å². The van der Waals surface area contributed by atoms with E-state index < -0.39 is 10.4 Å². The predicted octanol–water partition coefficient (Wildman–Crippen LogP) is -1.55. The van der Waals surface area contributed by atoms with Gasteiger partial charge in [-0.3, -0.25) is 4.55 Å². The van der Waals surface area contributed by atoms with Gasteiger partial charge in [0.1, 0.15) is 0 Å². The van der Waals surface area contributed by atoms with Crippen molar-refractivity contribution >= 4 is 10.4 Å². The van der Waals surface area contributed by atoms with Gasteiger partial charge in [-0.2, -0.15) is 8.42 Å². The molecule has 0 atom stereocenters. The molecule has 0 aromatic heterocycles. The van der Waals surface area contributed by atoms with Crippen LogP contribution in [0.15, 0.2) is 0 Å². The van der Waals surface area contributed by atoms with Crippen LogP contribution < -0.4 is 0 Å². The van der Waals surface area contributed by atoms with E-state index in [1.807, 2.05) is 0 Å². The van der Waals surface area contributed by atoms with E-state index in [9.17, 15) is 0 Å². The number of hydrogen-bond acceptors (Lipinski definition) is 4. The van der Waals surface area contributed by atoms with Gasteiger partial charge >= 0.3 is 10.4 Å². The SMILES string of the molecule is O.O=S(=O)(O)OO.[Zn]. The van der Waals surface area contributed by atoms with Crippen molar-refractivity contribution in [3.05, 3.63) is 0 Å². The minimum absolute atomic E-state index is 0. The molecule has 6 nitrogen and oxygen atoms in total. The molecule has 0 aliphatic rings. The van der Waals surface area contributed by atoms with Crippen molar-refractivity contribution in [3.63, 3.8) is 0 Å². The average Bonchev–Trinajstić information content (AvgIpc) is 1.35. The first kappa shape index (κ1) is 15.8. The first-order chi connectivity index (χ1) is 2.56. The molecule has 0 unspecified atom stereocenters. The largest absolute Gasteiger partial charge is 0.423 e. The molecule has 0 aromatic rings. The van der Waals surface area contributed by atoms with Crippen molar-refractivity contribution in [1.82, 2.24) is 0 Å².